The molecule has 1 N–H and O–H groups in total. The number of nitrogens with one attached hydrogen (secondary N) is 1. The van der Waals surface area contributed by atoms with E-state index < -0.39 is 11.9 Å². The van der Waals surface area contributed by atoms with Crippen LogP contribution in [-0.2, 0) is 34.0 Å². The Hall–Kier alpha value is -3.04. The number of piperidine rings is 1. The summed E-state index contributed by atoms with van der Waals surface area (Å²) in [7, 11) is 6.45. The fourth-order valence-corrected chi connectivity index (χ4v) is 5.18. The summed E-state index contributed by atoms with van der Waals surface area (Å²) in [6.45, 7) is 3.18. The van der Waals surface area contributed by atoms with Gasteiger partial charge in [0.1, 0.15) is 41.9 Å². The molecule has 0 spiro atoms. The van der Waals surface area contributed by atoms with E-state index in [1.807, 2.05) is 6.07 Å². The molecule has 8 nitrogen and oxygen atoms in total. The van der Waals surface area contributed by atoms with Gasteiger partial charge in [-0.1, -0.05) is 30.3 Å². The van der Waals surface area contributed by atoms with Crippen LogP contribution < -0.4 is 10.1 Å². The van der Waals surface area contributed by atoms with Gasteiger partial charge in [0.2, 0.25) is 11.8 Å². The van der Waals surface area contributed by atoms with Gasteiger partial charge >= 0.3 is 0 Å². The number of rotatable bonds is 6. The number of carbonyl (C=O) groups excluding carboxylic acids is 3. The molecule has 2 atom stereocenters. The van der Waals surface area contributed by atoms with E-state index >= 15 is 0 Å². The lowest BCUT2D eigenvalue weighted by Gasteiger charge is -2.43. The Labute approximate surface area is 213 Å². The summed E-state index contributed by atoms with van der Waals surface area (Å²) in [5, 5.41) is 2.21. The van der Waals surface area contributed by atoms with Crippen LogP contribution in [0.25, 0.3) is 0 Å². The molecule has 3 amide bonds. The molecule has 0 aromatic heterocycles. The zero-order chi connectivity index (χ0) is 25.4. The Morgan fingerprint density at radius 2 is 1.83 bits per heavy atom. The zero-order valence-corrected chi connectivity index (χ0v) is 21.1. The molecule has 11 heteroatoms. The van der Waals surface area contributed by atoms with Gasteiger partial charge in [0.15, 0.2) is 0 Å². The van der Waals surface area contributed by atoms with Crippen molar-refractivity contribution in [2.75, 3.05) is 13.2 Å². The molecule has 2 aromatic rings. The van der Waals surface area contributed by atoms with Gasteiger partial charge in [0.25, 0.3) is 5.91 Å². The number of morpholine rings is 1. The normalized spacial score (nSPS) is 23.9. The molecule has 2 fully saturated rings. The number of imide groups is 1. The van der Waals surface area contributed by atoms with E-state index in [9.17, 15) is 14.4 Å². The topological polar surface area (TPSA) is 88.2 Å². The molecule has 2 unspecified atom stereocenters. The van der Waals surface area contributed by atoms with Crippen molar-refractivity contribution in [1.82, 2.24) is 15.1 Å². The van der Waals surface area contributed by atoms with Gasteiger partial charge in [-0.15, -0.1) is 0 Å². The molecule has 0 bridgehead atoms. The van der Waals surface area contributed by atoms with Gasteiger partial charge in [-0.2, -0.15) is 0 Å². The van der Waals surface area contributed by atoms with Crippen molar-refractivity contribution in [2.24, 2.45) is 0 Å². The molecular formula is C25H30B3N3O5. The van der Waals surface area contributed by atoms with Crippen LogP contribution in [0, 0.1) is 0 Å². The zero-order valence-electron chi connectivity index (χ0n) is 21.1. The van der Waals surface area contributed by atoms with Crippen molar-refractivity contribution in [3.05, 3.63) is 64.7 Å². The molecular weight excluding hydrogens is 455 g/mol. The summed E-state index contributed by atoms with van der Waals surface area (Å²) in [4.78, 5) is 40.8. The van der Waals surface area contributed by atoms with Crippen molar-refractivity contribution in [2.45, 2.75) is 49.9 Å². The average molecular weight is 485 g/mol. The second kappa shape index (κ2) is 9.79. The lowest BCUT2D eigenvalue weighted by Crippen LogP contribution is -2.57. The number of nitrogens with zero attached hydrogens (tertiary/aromatic N) is 2. The molecule has 3 aliphatic rings. The molecule has 2 saturated heterocycles. The van der Waals surface area contributed by atoms with E-state index in [0.717, 1.165) is 30.8 Å². The molecule has 3 aliphatic heterocycles. The van der Waals surface area contributed by atoms with E-state index in [-0.39, 0.29) is 23.6 Å². The first kappa shape index (κ1) is 24.7. The Bertz CT molecular complexity index is 1190. The molecule has 0 aliphatic carbocycles. The first-order valence-corrected chi connectivity index (χ1v) is 12.6. The third-order valence-electron chi connectivity index (χ3n) is 7.26. The van der Waals surface area contributed by atoms with Crippen LogP contribution in [0.4, 0.5) is 0 Å². The van der Waals surface area contributed by atoms with Crippen LogP contribution in [0.5, 0.6) is 5.75 Å². The highest BCUT2D eigenvalue weighted by atomic mass is 16.5. The largest absolute Gasteiger partial charge is 0.489 e. The molecule has 0 radical (unpaired) electrons. The standard InChI is InChI=1S/C25H30B3N3O5/c26-21-13-36-25(27,28)14-30(21)10-15-4-6-16(7-5-15)12-35-20-3-1-2-17-18(20)11-31(24(17)34)19-8-9-22(32)29-23(19)33/h1-7,19,21H,8-14,26-28H2,(H,29,32,33). The smallest absolute Gasteiger partial charge is 0.255 e. The lowest BCUT2D eigenvalue weighted by molar-refractivity contribution is -0.136. The number of fused-ring (bicyclic) bond motifs is 1. The van der Waals surface area contributed by atoms with Crippen LogP contribution in [-0.4, -0.2) is 81.6 Å². The quantitative estimate of drug-likeness (QED) is 0.407. The third-order valence-corrected chi connectivity index (χ3v) is 7.26. The van der Waals surface area contributed by atoms with Crippen LogP contribution >= 0.6 is 0 Å². The predicted octanol–water partition coefficient (Wildman–Crippen LogP) is -1.26. The molecule has 2 aromatic carbocycles. The number of hydrogen-bond acceptors (Lipinski definition) is 6. The summed E-state index contributed by atoms with van der Waals surface area (Å²) in [5.74, 6) is 0.117. The Morgan fingerprint density at radius 1 is 1.08 bits per heavy atom. The summed E-state index contributed by atoms with van der Waals surface area (Å²) >= 11 is 0. The maximum absolute atomic E-state index is 13.0. The summed E-state index contributed by atoms with van der Waals surface area (Å²) in [6.07, 6.45) is 0.575. The summed E-state index contributed by atoms with van der Waals surface area (Å²) in [6, 6.07) is 13.2. The summed E-state index contributed by atoms with van der Waals surface area (Å²) < 4.78 is 12.0. The van der Waals surface area contributed by atoms with Crippen molar-refractivity contribution >= 4 is 41.3 Å². The van der Waals surface area contributed by atoms with Crippen LogP contribution in [0.1, 0.15) is 39.9 Å². The average Bonchev–Trinajstić information content (AvgIpc) is 3.18. The van der Waals surface area contributed by atoms with E-state index in [1.165, 1.54) is 5.56 Å². The molecule has 5 rings (SSSR count). The van der Waals surface area contributed by atoms with Crippen LogP contribution in [0.2, 0.25) is 0 Å². The first-order chi connectivity index (χ1) is 17.2. The fraction of sp³-hybridized carbons (Fsp3) is 0.400. The van der Waals surface area contributed by atoms with Crippen LogP contribution in [0.3, 0.4) is 0 Å². The van der Waals surface area contributed by atoms with E-state index in [1.54, 1.807) is 17.0 Å². The minimum atomic E-state index is -0.636. The van der Waals surface area contributed by atoms with Gasteiger partial charge < -0.3 is 19.3 Å². The molecule has 3 heterocycles. The number of carbonyl (C=O) groups is 3. The summed E-state index contributed by atoms with van der Waals surface area (Å²) in [5.41, 5.74) is 3.62. The van der Waals surface area contributed by atoms with Crippen molar-refractivity contribution in [3.8, 4) is 5.75 Å². The fourth-order valence-electron chi connectivity index (χ4n) is 5.18. The maximum Gasteiger partial charge on any atom is 0.255 e. The SMILES string of the molecule is BC1COC(B)(B)CN1Cc1ccc(COc2cccc3c2CN(C2CCC(=O)NC2=O)C3=O)cc1. The predicted molar refractivity (Wildman–Crippen MR) is 142 cm³/mol. The second-order valence-electron chi connectivity index (χ2n) is 10.6. The van der Waals surface area contributed by atoms with E-state index in [2.05, 4.69) is 58.0 Å². The number of ether oxygens (including phenoxy) is 2. The van der Waals surface area contributed by atoms with Crippen molar-refractivity contribution in [3.63, 3.8) is 0 Å². The molecule has 0 saturated carbocycles. The highest BCUT2D eigenvalue weighted by Crippen LogP contribution is 2.34. The van der Waals surface area contributed by atoms with Crippen molar-refractivity contribution < 1.29 is 23.9 Å². The van der Waals surface area contributed by atoms with Gasteiger partial charge in [-0.05, 0) is 29.7 Å². The Morgan fingerprint density at radius 3 is 2.58 bits per heavy atom. The third kappa shape index (κ3) is 5.08. The van der Waals surface area contributed by atoms with E-state index in [4.69, 9.17) is 9.47 Å². The highest BCUT2D eigenvalue weighted by molar-refractivity contribution is 6.39. The number of amides is 3. The van der Waals surface area contributed by atoms with Crippen molar-refractivity contribution in [1.29, 1.82) is 0 Å². The van der Waals surface area contributed by atoms with Gasteiger partial charge in [0.05, 0.1) is 13.2 Å². The minimum Gasteiger partial charge on any atom is -0.489 e. The van der Waals surface area contributed by atoms with Gasteiger partial charge in [-0.3, -0.25) is 19.7 Å². The lowest BCUT2D eigenvalue weighted by atomic mass is 9.63. The highest BCUT2D eigenvalue weighted by Gasteiger charge is 2.40. The molecule has 184 valence electrons. The Balaban J connectivity index is 1.22. The minimum absolute atomic E-state index is 0.134. The second-order valence-corrected chi connectivity index (χ2v) is 10.6. The maximum atomic E-state index is 13.0. The molecule has 36 heavy (non-hydrogen) atoms. The van der Waals surface area contributed by atoms with Gasteiger partial charge in [0, 0.05) is 42.0 Å². The van der Waals surface area contributed by atoms with Gasteiger partial charge in [-0.25, -0.2) is 0 Å². The van der Waals surface area contributed by atoms with E-state index in [0.29, 0.717) is 36.8 Å². The Kier molecular flexibility index (Phi) is 6.70. The number of hydrogen-bond donors (Lipinski definition) is 1. The number of benzene rings is 2. The monoisotopic (exact) mass is 485 g/mol. The first-order valence-electron chi connectivity index (χ1n) is 12.6. The van der Waals surface area contributed by atoms with Crippen LogP contribution in [0.15, 0.2) is 42.5 Å².